The van der Waals surface area contributed by atoms with Gasteiger partial charge in [-0.3, -0.25) is 0 Å². The molecule has 0 saturated carbocycles. The van der Waals surface area contributed by atoms with Gasteiger partial charge in [-0.25, -0.2) is 9.37 Å². The number of hydrogen-bond donors (Lipinski definition) is 1. The van der Waals surface area contributed by atoms with Gasteiger partial charge in [0.15, 0.2) is 5.82 Å². The Morgan fingerprint density at radius 2 is 2.26 bits per heavy atom. The van der Waals surface area contributed by atoms with Crippen molar-refractivity contribution in [3.8, 4) is 11.3 Å². The zero-order valence-corrected chi connectivity index (χ0v) is 13.0. The molecular weight excluding hydrogens is 355 g/mol. The van der Waals surface area contributed by atoms with Crippen molar-refractivity contribution in [1.29, 1.82) is 0 Å². The largest absolute Gasteiger partial charge is 0.377 e. The van der Waals surface area contributed by atoms with E-state index in [9.17, 15) is 4.39 Å². The van der Waals surface area contributed by atoms with Gasteiger partial charge >= 0.3 is 0 Å². The van der Waals surface area contributed by atoms with Crippen molar-refractivity contribution >= 4 is 39.7 Å². The van der Waals surface area contributed by atoms with Crippen LogP contribution in [0.2, 0.25) is 5.02 Å². The minimum atomic E-state index is -0.517. The number of rotatable bonds is 3. The molecule has 0 fully saturated rings. The third kappa shape index (κ3) is 3.20. The first-order valence-electron chi connectivity index (χ1n) is 5.26. The Labute approximate surface area is 127 Å². The van der Waals surface area contributed by atoms with E-state index in [0.29, 0.717) is 26.2 Å². The number of nitrogens with zero attached hydrogens (tertiary/aromatic N) is 1. The van der Waals surface area contributed by atoms with Gasteiger partial charge in [0.25, 0.3) is 0 Å². The molecule has 0 aliphatic rings. The lowest BCUT2D eigenvalue weighted by Crippen LogP contribution is -2.00. The lowest BCUT2D eigenvalue weighted by atomic mass is 10.1. The number of ether oxygens (including phenoxy) is 1. The highest BCUT2D eigenvalue weighted by Gasteiger charge is 2.13. The number of benzene rings is 1. The van der Waals surface area contributed by atoms with E-state index in [2.05, 4.69) is 25.9 Å². The monoisotopic (exact) mass is 362 g/mol. The summed E-state index contributed by atoms with van der Waals surface area (Å²) in [5.74, 6) is 0.0136. The maximum absolute atomic E-state index is 14.1. The van der Waals surface area contributed by atoms with Gasteiger partial charge in [-0.1, -0.05) is 23.8 Å². The van der Waals surface area contributed by atoms with E-state index in [1.54, 1.807) is 25.3 Å². The van der Waals surface area contributed by atoms with E-state index < -0.39 is 5.82 Å². The predicted molar refractivity (Wildman–Crippen MR) is 78.2 cm³/mol. The smallest absolute Gasteiger partial charge is 0.152 e. The summed E-state index contributed by atoms with van der Waals surface area (Å²) in [4.78, 5) is 7.06. The van der Waals surface area contributed by atoms with Crippen molar-refractivity contribution in [2.45, 2.75) is 6.61 Å². The van der Waals surface area contributed by atoms with Gasteiger partial charge in [-0.05, 0) is 34.1 Å². The Morgan fingerprint density at radius 1 is 1.53 bits per heavy atom. The van der Waals surface area contributed by atoms with E-state index in [4.69, 9.17) is 28.6 Å². The molecule has 1 aromatic carbocycles. The third-order valence-electron chi connectivity index (χ3n) is 2.40. The number of hydrogen-bond acceptors (Lipinski definition) is 3. The molecule has 2 rings (SSSR count). The van der Waals surface area contributed by atoms with E-state index in [0.717, 1.165) is 0 Å². The Hall–Kier alpha value is -0.820. The normalized spacial score (nSPS) is 10.7. The van der Waals surface area contributed by atoms with Gasteiger partial charge in [0.05, 0.1) is 10.7 Å². The quantitative estimate of drug-likeness (QED) is 0.644. The highest BCUT2D eigenvalue weighted by Crippen LogP contribution is 2.32. The van der Waals surface area contributed by atoms with Crippen molar-refractivity contribution < 1.29 is 9.13 Å². The summed E-state index contributed by atoms with van der Waals surface area (Å²) < 4.78 is 20.0. The van der Waals surface area contributed by atoms with Gasteiger partial charge in [-0.15, -0.1) is 0 Å². The first-order chi connectivity index (χ1) is 9.02. The molecule has 0 unspecified atom stereocenters. The Kier molecular flexibility index (Phi) is 4.67. The van der Waals surface area contributed by atoms with Gasteiger partial charge < -0.3 is 9.72 Å². The molecule has 0 spiro atoms. The Bertz CT molecular complexity index is 677. The standard InChI is InChI=1S/C12H9BrClFN2OS/c1-18-5-9-16-8(4-10(19)17-9)6-2-3-7(13)11(14)12(6)15/h2-4H,5H2,1H3,(H,16,17,19). The van der Waals surface area contributed by atoms with Crippen LogP contribution >= 0.6 is 39.7 Å². The van der Waals surface area contributed by atoms with Crippen LogP contribution < -0.4 is 0 Å². The highest BCUT2D eigenvalue weighted by molar-refractivity contribution is 9.10. The molecule has 7 heteroatoms. The zero-order chi connectivity index (χ0) is 14.0. The molecule has 2 aromatic rings. The first-order valence-corrected chi connectivity index (χ1v) is 6.84. The summed E-state index contributed by atoms with van der Waals surface area (Å²) in [6.07, 6.45) is 0. The van der Waals surface area contributed by atoms with Gasteiger partial charge in [-0.2, -0.15) is 0 Å². The van der Waals surface area contributed by atoms with Crippen molar-refractivity contribution in [2.75, 3.05) is 7.11 Å². The molecule has 0 aliphatic heterocycles. The lowest BCUT2D eigenvalue weighted by Gasteiger charge is -2.08. The molecule has 0 amide bonds. The Morgan fingerprint density at radius 3 is 2.95 bits per heavy atom. The fourth-order valence-electron chi connectivity index (χ4n) is 1.59. The molecular formula is C12H9BrClFN2OS. The third-order valence-corrected chi connectivity index (χ3v) is 3.87. The van der Waals surface area contributed by atoms with Crippen LogP contribution in [0, 0.1) is 10.5 Å². The second-order valence-corrected chi connectivity index (χ2v) is 5.39. The van der Waals surface area contributed by atoms with Crippen molar-refractivity contribution in [1.82, 2.24) is 9.97 Å². The molecule has 1 aromatic heterocycles. The van der Waals surface area contributed by atoms with Crippen LogP contribution in [0.4, 0.5) is 4.39 Å². The van der Waals surface area contributed by atoms with Gasteiger partial charge in [0.2, 0.25) is 0 Å². The molecule has 0 saturated heterocycles. The van der Waals surface area contributed by atoms with Crippen molar-refractivity contribution in [3.63, 3.8) is 0 Å². The second-order valence-electron chi connectivity index (χ2n) is 3.74. The van der Waals surface area contributed by atoms with Gasteiger partial charge in [0, 0.05) is 17.1 Å². The van der Waals surface area contributed by atoms with Crippen molar-refractivity contribution in [3.05, 3.63) is 44.0 Å². The number of nitrogens with one attached hydrogen (secondary N) is 1. The second kappa shape index (κ2) is 6.09. The van der Waals surface area contributed by atoms with Crippen molar-refractivity contribution in [2.24, 2.45) is 0 Å². The number of aromatic nitrogens is 2. The lowest BCUT2D eigenvalue weighted by molar-refractivity contribution is 0.177. The van der Waals surface area contributed by atoms with Crippen LogP contribution in [0.25, 0.3) is 11.3 Å². The van der Waals surface area contributed by atoms with Crippen LogP contribution in [0.3, 0.4) is 0 Å². The Balaban J connectivity index is 2.59. The average molecular weight is 364 g/mol. The maximum Gasteiger partial charge on any atom is 0.152 e. The summed E-state index contributed by atoms with van der Waals surface area (Å²) in [5.41, 5.74) is 0.845. The average Bonchev–Trinajstić information content (AvgIpc) is 2.36. The number of H-pyrrole nitrogens is 1. The summed E-state index contributed by atoms with van der Waals surface area (Å²) in [6.45, 7) is 0.267. The SMILES string of the molecule is COCc1nc(=S)cc(-c2ccc(Br)c(Cl)c2F)[nH]1. The molecule has 0 atom stereocenters. The van der Waals surface area contributed by atoms with E-state index in [-0.39, 0.29) is 11.6 Å². The molecule has 0 radical (unpaired) electrons. The fourth-order valence-corrected chi connectivity index (χ4v) is 2.29. The highest BCUT2D eigenvalue weighted by atomic mass is 79.9. The van der Waals surface area contributed by atoms with E-state index >= 15 is 0 Å². The molecule has 1 N–H and O–H groups in total. The van der Waals surface area contributed by atoms with Crippen LogP contribution in [0.15, 0.2) is 22.7 Å². The summed E-state index contributed by atoms with van der Waals surface area (Å²) in [6, 6.07) is 4.87. The number of aromatic amines is 1. The number of methoxy groups -OCH3 is 1. The molecule has 3 nitrogen and oxygen atoms in total. The maximum atomic E-state index is 14.1. The summed E-state index contributed by atoms with van der Waals surface area (Å²) in [7, 11) is 1.54. The molecule has 0 aliphatic carbocycles. The van der Waals surface area contributed by atoms with Crippen LogP contribution in [0.5, 0.6) is 0 Å². The van der Waals surface area contributed by atoms with Crippen LogP contribution in [0.1, 0.15) is 5.82 Å². The molecule has 100 valence electrons. The summed E-state index contributed by atoms with van der Waals surface area (Å²) >= 11 is 14.1. The first kappa shape index (κ1) is 14.6. The molecule has 19 heavy (non-hydrogen) atoms. The van der Waals surface area contributed by atoms with Crippen LogP contribution in [-0.2, 0) is 11.3 Å². The zero-order valence-electron chi connectivity index (χ0n) is 9.84. The topological polar surface area (TPSA) is 37.9 Å². The summed E-state index contributed by atoms with van der Waals surface area (Å²) in [5, 5.41) is 0.0296. The van der Waals surface area contributed by atoms with E-state index in [1.807, 2.05) is 0 Å². The van der Waals surface area contributed by atoms with Gasteiger partial charge in [0.1, 0.15) is 17.1 Å². The predicted octanol–water partition coefficient (Wildman–Crippen LogP) is 4.51. The van der Waals surface area contributed by atoms with Crippen LogP contribution in [-0.4, -0.2) is 17.1 Å². The number of halogens is 3. The fraction of sp³-hybridized carbons (Fsp3) is 0.167. The molecule has 1 heterocycles. The minimum Gasteiger partial charge on any atom is -0.377 e. The molecule has 0 bridgehead atoms. The minimum absolute atomic E-state index is 0.0296. The van der Waals surface area contributed by atoms with E-state index in [1.165, 1.54) is 0 Å².